The van der Waals surface area contributed by atoms with Gasteiger partial charge in [-0.1, -0.05) is 0 Å². The largest absolute Gasteiger partial charge is 0.497 e. The molecule has 1 heterocycles. The summed E-state index contributed by atoms with van der Waals surface area (Å²) in [6.07, 6.45) is 2.71. The van der Waals surface area contributed by atoms with Gasteiger partial charge in [-0.2, -0.15) is 5.26 Å². The molecule has 1 fully saturated rings. The average molecular weight is 259 g/mol. The molecule has 1 aliphatic heterocycles. The van der Waals surface area contributed by atoms with Crippen molar-refractivity contribution in [2.45, 2.75) is 25.3 Å². The van der Waals surface area contributed by atoms with Crippen LogP contribution < -0.4 is 15.4 Å². The van der Waals surface area contributed by atoms with Crippen LogP contribution in [0.25, 0.3) is 0 Å². The van der Waals surface area contributed by atoms with E-state index < -0.39 is 0 Å². The van der Waals surface area contributed by atoms with E-state index in [0.717, 1.165) is 31.5 Å². The highest BCUT2D eigenvalue weighted by Gasteiger charge is 2.28. The minimum absolute atomic E-state index is 0.340. The quantitative estimate of drug-likeness (QED) is 0.890. The molecule has 0 radical (unpaired) electrons. The molecule has 0 spiro atoms. The van der Waals surface area contributed by atoms with E-state index in [1.54, 1.807) is 25.3 Å². The number of carbonyl (C=O) groups is 1. The molecule has 1 aromatic carbocycles. The van der Waals surface area contributed by atoms with Gasteiger partial charge in [0, 0.05) is 12.6 Å². The molecule has 1 atom stereocenters. The predicted octanol–water partition coefficient (Wildman–Crippen LogP) is 1.41. The lowest BCUT2D eigenvalue weighted by atomic mass is 9.99. The van der Waals surface area contributed by atoms with Crippen molar-refractivity contribution < 1.29 is 9.53 Å². The van der Waals surface area contributed by atoms with Crippen LogP contribution in [0.5, 0.6) is 5.75 Å². The summed E-state index contributed by atoms with van der Waals surface area (Å²) in [4.78, 5) is 13.5. The first kappa shape index (κ1) is 13.2. The number of methoxy groups -OCH3 is 1. The molecule has 0 aromatic heterocycles. The molecule has 1 unspecified atom stereocenters. The minimum atomic E-state index is -0.341. The number of benzene rings is 1. The Morgan fingerprint density at radius 2 is 2.32 bits per heavy atom. The molecule has 19 heavy (non-hydrogen) atoms. The van der Waals surface area contributed by atoms with Gasteiger partial charge in [-0.15, -0.1) is 0 Å². The lowest BCUT2D eigenvalue weighted by Gasteiger charge is -2.36. The van der Waals surface area contributed by atoms with Crippen LogP contribution in [-0.2, 0) is 4.79 Å². The zero-order valence-corrected chi connectivity index (χ0v) is 10.9. The molecule has 0 saturated carbocycles. The topological polar surface area (TPSA) is 79.3 Å². The van der Waals surface area contributed by atoms with Crippen molar-refractivity contribution in [3.63, 3.8) is 0 Å². The maximum absolute atomic E-state index is 11.6. The Kier molecular flexibility index (Phi) is 3.91. The molecular formula is C14H17N3O2. The lowest BCUT2D eigenvalue weighted by molar-refractivity contribution is -0.119. The Bertz CT molecular complexity index is 522. The summed E-state index contributed by atoms with van der Waals surface area (Å²) in [6, 6.07) is 7.06. The van der Waals surface area contributed by atoms with E-state index in [-0.39, 0.29) is 11.9 Å². The van der Waals surface area contributed by atoms with Crippen LogP contribution in [0.2, 0.25) is 0 Å². The molecule has 0 bridgehead atoms. The van der Waals surface area contributed by atoms with E-state index in [9.17, 15) is 10.1 Å². The van der Waals surface area contributed by atoms with Crippen molar-refractivity contribution in [1.82, 2.24) is 0 Å². The monoisotopic (exact) mass is 259 g/mol. The Morgan fingerprint density at radius 3 is 2.95 bits per heavy atom. The first-order valence-electron chi connectivity index (χ1n) is 6.31. The highest BCUT2D eigenvalue weighted by Crippen LogP contribution is 2.30. The molecule has 100 valence electrons. The highest BCUT2D eigenvalue weighted by atomic mass is 16.5. The maximum Gasteiger partial charge on any atom is 0.240 e. The standard InChI is InChI=1S/C14H17N3O2/c1-19-11-6-5-10(9-15)13(8-11)17-7-3-2-4-12(17)14(16)18/h5-6,8,12H,2-4,7H2,1H3,(H2,16,18). The highest BCUT2D eigenvalue weighted by molar-refractivity contribution is 5.84. The second-order valence-electron chi connectivity index (χ2n) is 4.60. The van der Waals surface area contributed by atoms with E-state index in [1.807, 2.05) is 4.90 Å². The second kappa shape index (κ2) is 5.61. The SMILES string of the molecule is COc1ccc(C#N)c(N2CCCCC2C(N)=O)c1. The number of nitrogens with zero attached hydrogens (tertiary/aromatic N) is 2. The molecule has 1 aliphatic rings. The minimum Gasteiger partial charge on any atom is -0.497 e. The fourth-order valence-corrected chi connectivity index (χ4v) is 2.49. The van der Waals surface area contributed by atoms with Gasteiger partial charge in [-0.25, -0.2) is 0 Å². The number of anilines is 1. The molecule has 1 aromatic rings. The van der Waals surface area contributed by atoms with Crippen molar-refractivity contribution in [2.75, 3.05) is 18.6 Å². The van der Waals surface area contributed by atoms with E-state index >= 15 is 0 Å². The molecule has 1 amide bonds. The fourth-order valence-electron chi connectivity index (χ4n) is 2.49. The molecule has 1 saturated heterocycles. The average Bonchev–Trinajstić information content (AvgIpc) is 2.46. The van der Waals surface area contributed by atoms with Gasteiger partial charge in [0.2, 0.25) is 5.91 Å². The predicted molar refractivity (Wildman–Crippen MR) is 71.9 cm³/mol. The summed E-state index contributed by atoms with van der Waals surface area (Å²) in [5.41, 5.74) is 6.73. The van der Waals surface area contributed by atoms with E-state index in [1.165, 1.54) is 0 Å². The Morgan fingerprint density at radius 1 is 1.53 bits per heavy atom. The Hall–Kier alpha value is -2.22. The number of nitrogens with two attached hydrogens (primary N) is 1. The number of primary amides is 1. The van der Waals surface area contributed by atoms with Crippen LogP contribution in [0.3, 0.4) is 0 Å². The molecular weight excluding hydrogens is 242 g/mol. The molecule has 2 N–H and O–H groups in total. The van der Waals surface area contributed by atoms with Crippen molar-refractivity contribution in [3.05, 3.63) is 23.8 Å². The number of hydrogen-bond acceptors (Lipinski definition) is 4. The molecule has 2 rings (SSSR count). The van der Waals surface area contributed by atoms with Crippen molar-refractivity contribution in [3.8, 4) is 11.8 Å². The second-order valence-corrected chi connectivity index (χ2v) is 4.60. The lowest BCUT2D eigenvalue weighted by Crippen LogP contribution is -2.48. The van der Waals surface area contributed by atoms with Gasteiger partial charge in [0.05, 0.1) is 18.4 Å². The first-order chi connectivity index (χ1) is 9.17. The van der Waals surface area contributed by atoms with Crippen LogP contribution in [-0.4, -0.2) is 25.6 Å². The van der Waals surface area contributed by atoms with Gasteiger partial charge in [0.1, 0.15) is 17.9 Å². The Labute approximate surface area is 112 Å². The summed E-state index contributed by atoms with van der Waals surface area (Å²) < 4.78 is 5.19. The van der Waals surface area contributed by atoms with Gasteiger partial charge in [-0.05, 0) is 31.4 Å². The van der Waals surface area contributed by atoms with E-state index in [2.05, 4.69) is 6.07 Å². The zero-order valence-electron chi connectivity index (χ0n) is 10.9. The van der Waals surface area contributed by atoms with E-state index in [0.29, 0.717) is 11.3 Å². The van der Waals surface area contributed by atoms with Crippen LogP contribution in [0.15, 0.2) is 18.2 Å². The summed E-state index contributed by atoms with van der Waals surface area (Å²) >= 11 is 0. The summed E-state index contributed by atoms with van der Waals surface area (Å²) in [6.45, 7) is 0.732. The third-order valence-electron chi connectivity index (χ3n) is 3.47. The molecule has 0 aliphatic carbocycles. The summed E-state index contributed by atoms with van der Waals surface area (Å²) in [5, 5.41) is 9.20. The van der Waals surface area contributed by atoms with Crippen LogP contribution in [0, 0.1) is 11.3 Å². The molecule has 5 heteroatoms. The molecule has 5 nitrogen and oxygen atoms in total. The number of carbonyl (C=O) groups excluding carboxylic acids is 1. The summed E-state index contributed by atoms with van der Waals surface area (Å²) in [5.74, 6) is 0.328. The summed E-state index contributed by atoms with van der Waals surface area (Å²) in [7, 11) is 1.58. The normalized spacial score (nSPS) is 18.7. The van der Waals surface area contributed by atoms with Crippen molar-refractivity contribution in [1.29, 1.82) is 5.26 Å². The number of amides is 1. The first-order valence-corrected chi connectivity index (χ1v) is 6.31. The Balaban J connectivity index is 2.43. The third-order valence-corrected chi connectivity index (χ3v) is 3.47. The third kappa shape index (κ3) is 2.63. The van der Waals surface area contributed by atoms with Crippen LogP contribution in [0.4, 0.5) is 5.69 Å². The number of ether oxygens (including phenoxy) is 1. The zero-order chi connectivity index (χ0) is 13.8. The van der Waals surface area contributed by atoms with Gasteiger partial charge in [-0.3, -0.25) is 4.79 Å². The number of rotatable bonds is 3. The maximum atomic E-state index is 11.6. The van der Waals surface area contributed by atoms with Crippen LogP contribution >= 0.6 is 0 Å². The van der Waals surface area contributed by atoms with Gasteiger partial charge >= 0.3 is 0 Å². The van der Waals surface area contributed by atoms with Gasteiger partial charge in [0.15, 0.2) is 0 Å². The van der Waals surface area contributed by atoms with Gasteiger partial charge < -0.3 is 15.4 Å². The van der Waals surface area contributed by atoms with Crippen molar-refractivity contribution in [2.24, 2.45) is 5.73 Å². The van der Waals surface area contributed by atoms with Crippen LogP contribution in [0.1, 0.15) is 24.8 Å². The smallest absolute Gasteiger partial charge is 0.240 e. The number of nitriles is 1. The fraction of sp³-hybridized carbons (Fsp3) is 0.429. The van der Waals surface area contributed by atoms with Crippen molar-refractivity contribution >= 4 is 11.6 Å². The van der Waals surface area contributed by atoms with Gasteiger partial charge in [0.25, 0.3) is 0 Å². The number of piperidine rings is 1. The number of hydrogen-bond donors (Lipinski definition) is 1. The van der Waals surface area contributed by atoms with E-state index in [4.69, 9.17) is 10.5 Å².